The number of hydrogen-bond acceptors (Lipinski definition) is 6. The SMILES string of the molecule is Cc1c(F)cccc1C1C(C(=O)c2cccc(O)c2)CN(C(=O)C2CN(C)C2)C[C@@H]1C(=O)c1cccc(O)c1. The van der Waals surface area contributed by atoms with Gasteiger partial charge in [0.25, 0.3) is 0 Å². The summed E-state index contributed by atoms with van der Waals surface area (Å²) in [5, 5.41) is 20.1. The highest BCUT2D eigenvalue weighted by atomic mass is 19.1. The minimum Gasteiger partial charge on any atom is -0.508 e. The van der Waals surface area contributed by atoms with Gasteiger partial charge >= 0.3 is 0 Å². The summed E-state index contributed by atoms with van der Waals surface area (Å²) in [6.45, 7) is 2.95. The predicted octanol–water partition coefficient (Wildman–Crippen LogP) is 4.03. The van der Waals surface area contributed by atoms with Crippen molar-refractivity contribution in [3.63, 3.8) is 0 Å². The molecular formula is C31H31FN2O5. The minimum absolute atomic E-state index is 0.0674. The molecule has 2 heterocycles. The Morgan fingerprint density at radius 1 is 0.795 bits per heavy atom. The number of Topliss-reactive ketones (excluding diaryl/α,β-unsaturated/α-hetero) is 2. The fraction of sp³-hybridized carbons (Fsp3) is 0.323. The summed E-state index contributed by atoms with van der Waals surface area (Å²) in [7, 11) is 1.92. The number of phenols is 2. The number of benzene rings is 3. The van der Waals surface area contributed by atoms with Crippen LogP contribution in [0.3, 0.4) is 0 Å². The summed E-state index contributed by atoms with van der Waals surface area (Å²) < 4.78 is 14.8. The Hall–Kier alpha value is -4.04. The summed E-state index contributed by atoms with van der Waals surface area (Å²) in [6.07, 6.45) is 0. The molecule has 3 atom stereocenters. The highest BCUT2D eigenvalue weighted by molar-refractivity contribution is 6.03. The maximum atomic E-state index is 14.8. The highest BCUT2D eigenvalue weighted by Crippen LogP contribution is 2.43. The van der Waals surface area contributed by atoms with E-state index in [0.717, 1.165) is 0 Å². The number of carbonyl (C=O) groups excluding carboxylic acids is 3. The lowest BCUT2D eigenvalue weighted by Gasteiger charge is -2.46. The molecule has 7 nitrogen and oxygen atoms in total. The van der Waals surface area contributed by atoms with Crippen LogP contribution in [0.25, 0.3) is 0 Å². The summed E-state index contributed by atoms with van der Waals surface area (Å²) in [5.41, 5.74) is 1.37. The third-order valence-corrected chi connectivity index (χ3v) is 8.03. The second kappa shape index (κ2) is 10.6. The van der Waals surface area contributed by atoms with Gasteiger partial charge in [-0.1, -0.05) is 36.4 Å². The van der Waals surface area contributed by atoms with Crippen molar-refractivity contribution in [3.8, 4) is 11.5 Å². The molecule has 3 aromatic carbocycles. The lowest BCUT2D eigenvalue weighted by Crippen LogP contribution is -2.58. The number of aromatic hydroxyl groups is 2. The first-order valence-corrected chi connectivity index (χ1v) is 13.0. The van der Waals surface area contributed by atoms with Gasteiger partial charge in [-0.25, -0.2) is 4.39 Å². The van der Waals surface area contributed by atoms with Crippen molar-refractivity contribution in [2.24, 2.45) is 17.8 Å². The van der Waals surface area contributed by atoms with E-state index in [1.54, 1.807) is 48.2 Å². The number of hydrogen-bond donors (Lipinski definition) is 2. The van der Waals surface area contributed by atoms with Crippen LogP contribution >= 0.6 is 0 Å². The van der Waals surface area contributed by atoms with Crippen molar-refractivity contribution in [1.82, 2.24) is 9.80 Å². The molecule has 0 radical (unpaired) electrons. The molecule has 2 unspecified atom stereocenters. The van der Waals surface area contributed by atoms with E-state index in [0.29, 0.717) is 24.2 Å². The van der Waals surface area contributed by atoms with E-state index < -0.39 is 23.6 Å². The zero-order valence-corrected chi connectivity index (χ0v) is 21.9. The molecule has 2 fully saturated rings. The molecule has 2 saturated heterocycles. The molecule has 2 aliphatic rings. The largest absolute Gasteiger partial charge is 0.508 e. The van der Waals surface area contributed by atoms with Crippen LogP contribution in [0.1, 0.15) is 37.8 Å². The van der Waals surface area contributed by atoms with Crippen molar-refractivity contribution in [1.29, 1.82) is 0 Å². The highest BCUT2D eigenvalue weighted by Gasteiger charge is 2.48. The van der Waals surface area contributed by atoms with Crippen LogP contribution in [-0.4, -0.2) is 70.7 Å². The van der Waals surface area contributed by atoms with Gasteiger partial charge in [0.1, 0.15) is 17.3 Å². The molecular weight excluding hydrogens is 499 g/mol. The molecule has 8 heteroatoms. The van der Waals surface area contributed by atoms with Crippen LogP contribution in [0.5, 0.6) is 11.5 Å². The van der Waals surface area contributed by atoms with E-state index >= 15 is 0 Å². The first-order valence-electron chi connectivity index (χ1n) is 13.0. The van der Waals surface area contributed by atoms with Crippen LogP contribution in [0, 0.1) is 30.5 Å². The number of ketones is 2. The van der Waals surface area contributed by atoms with Crippen molar-refractivity contribution in [2.45, 2.75) is 12.8 Å². The van der Waals surface area contributed by atoms with E-state index in [9.17, 15) is 29.0 Å². The first kappa shape index (κ1) is 26.6. The Balaban J connectivity index is 1.64. The van der Waals surface area contributed by atoms with Crippen LogP contribution in [-0.2, 0) is 4.79 Å². The van der Waals surface area contributed by atoms with Gasteiger partial charge in [-0.05, 0) is 55.4 Å². The number of phenolic OH excluding ortho intramolecular Hbond substituents is 2. The second-order valence-corrected chi connectivity index (χ2v) is 10.7. The lowest BCUT2D eigenvalue weighted by atomic mass is 9.67. The standard InChI is InChI=1S/C31H31FN2O5/c1-18-24(10-5-11-27(18)32)28-25(29(37)19-6-3-8-22(35)12-19)16-34(31(39)21-14-33(2)15-21)17-26(28)30(38)20-7-4-9-23(36)13-20/h3-13,21,25-26,28,35-36H,14-17H2,1-2H3/t25-,26?,28?/m0/s1. The van der Waals surface area contributed by atoms with Crippen LogP contribution in [0.2, 0.25) is 0 Å². The maximum absolute atomic E-state index is 14.8. The molecule has 202 valence electrons. The van der Waals surface area contributed by atoms with Crippen molar-refractivity contribution < 1.29 is 29.0 Å². The van der Waals surface area contributed by atoms with Crippen molar-refractivity contribution in [2.75, 3.05) is 33.2 Å². The summed E-state index contributed by atoms with van der Waals surface area (Å²) in [5.74, 6) is -4.09. The van der Waals surface area contributed by atoms with Crippen LogP contribution < -0.4 is 0 Å². The summed E-state index contributed by atoms with van der Waals surface area (Å²) in [6, 6.07) is 16.6. The molecule has 2 aliphatic heterocycles. The van der Waals surface area contributed by atoms with Crippen LogP contribution in [0.15, 0.2) is 66.7 Å². The predicted molar refractivity (Wildman–Crippen MR) is 143 cm³/mol. The number of likely N-dealkylation sites (tertiary alicyclic amines) is 2. The molecule has 3 aromatic rings. The van der Waals surface area contributed by atoms with Crippen molar-refractivity contribution in [3.05, 3.63) is 94.8 Å². The van der Waals surface area contributed by atoms with Gasteiger partial charge in [0.05, 0.1) is 5.92 Å². The molecule has 2 N–H and O–H groups in total. The zero-order chi connectivity index (χ0) is 27.8. The lowest BCUT2D eigenvalue weighted by molar-refractivity contribution is -0.143. The molecule has 0 aliphatic carbocycles. The smallest absolute Gasteiger partial charge is 0.228 e. The van der Waals surface area contributed by atoms with Gasteiger partial charge in [0.15, 0.2) is 11.6 Å². The summed E-state index contributed by atoms with van der Waals surface area (Å²) >= 11 is 0. The normalized spacial score (nSPS) is 21.8. The van der Waals surface area contributed by atoms with E-state index in [1.807, 2.05) is 11.9 Å². The minimum atomic E-state index is -0.867. The third-order valence-electron chi connectivity index (χ3n) is 8.03. The average Bonchev–Trinajstić information content (AvgIpc) is 2.91. The van der Waals surface area contributed by atoms with E-state index in [2.05, 4.69) is 0 Å². The molecule has 0 bridgehead atoms. The number of amides is 1. The van der Waals surface area contributed by atoms with Crippen LogP contribution in [0.4, 0.5) is 4.39 Å². The Morgan fingerprint density at radius 2 is 1.31 bits per heavy atom. The van der Waals surface area contributed by atoms with Gasteiger partial charge in [0.2, 0.25) is 5.91 Å². The van der Waals surface area contributed by atoms with Gasteiger partial charge in [-0.2, -0.15) is 0 Å². The first-order chi connectivity index (χ1) is 18.6. The Labute approximate surface area is 226 Å². The number of rotatable bonds is 6. The Kier molecular flexibility index (Phi) is 7.23. The Bertz CT molecular complexity index is 1370. The third kappa shape index (κ3) is 5.16. The van der Waals surface area contributed by atoms with E-state index in [4.69, 9.17) is 0 Å². The zero-order valence-electron chi connectivity index (χ0n) is 21.9. The fourth-order valence-corrected chi connectivity index (χ4v) is 6.01. The molecule has 0 saturated carbocycles. The topological polar surface area (TPSA) is 98.2 Å². The monoisotopic (exact) mass is 530 g/mol. The van der Waals surface area contributed by atoms with E-state index in [1.165, 1.54) is 30.3 Å². The van der Waals surface area contributed by atoms with E-state index in [-0.39, 0.29) is 59.1 Å². The number of halogens is 1. The fourth-order valence-electron chi connectivity index (χ4n) is 6.01. The molecule has 0 spiro atoms. The van der Waals surface area contributed by atoms with Gasteiger partial charge in [-0.3, -0.25) is 14.4 Å². The molecule has 39 heavy (non-hydrogen) atoms. The second-order valence-electron chi connectivity index (χ2n) is 10.7. The van der Waals surface area contributed by atoms with Gasteiger partial charge < -0.3 is 20.0 Å². The molecule has 1 amide bonds. The van der Waals surface area contributed by atoms with Gasteiger partial charge in [-0.15, -0.1) is 0 Å². The Morgan fingerprint density at radius 3 is 1.79 bits per heavy atom. The number of carbonyl (C=O) groups is 3. The quantitative estimate of drug-likeness (QED) is 0.467. The molecule has 0 aromatic heterocycles. The number of nitrogens with zero attached hydrogens (tertiary/aromatic N) is 2. The van der Waals surface area contributed by atoms with Gasteiger partial charge in [0, 0.05) is 55.1 Å². The number of piperidine rings is 1. The maximum Gasteiger partial charge on any atom is 0.228 e. The average molecular weight is 531 g/mol. The van der Waals surface area contributed by atoms with Crippen molar-refractivity contribution >= 4 is 17.5 Å². The summed E-state index contributed by atoms with van der Waals surface area (Å²) in [4.78, 5) is 45.3. The molecule has 5 rings (SSSR count).